The minimum atomic E-state index is 0.753. The van der Waals surface area contributed by atoms with E-state index in [4.69, 9.17) is 9.72 Å². The molecule has 0 atom stereocenters. The number of aryl methyl sites for hydroxylation is 2. The van der Waals surface area contributed by atoms with Crippen molar-refractivity contribution in [3.63, 3.8) is 0 Å². The Morgan fingerprint density at radius 2 is 1.69 bits per heavy atom. The van der Waals surface area contributed by atoms with E-state index in [0.717, 1.165) is 70.0 Å². The summed E-state index contributed by atoms with van der Waals surface area (Å²) >= 11 is 0. The maximum absolute atomic E-state index is 5.89. The van der Waals surface area contributed by atoms with Crippen LogP contribution in [0, 0.1) is 6.92 Å². The Bertz CT molecular complexity index is 910. The summed E-state index contributed by atoms with van der Waals surface area (Å²) in [4.78, 5) is 9.88. The molecule has 1 aromatic heterocycles. The van der Waals surface area contributed by atoms with E-state index in [1.165, 1.54) is 16.9 Å². The molecule has 0 saturated carbocycles. The molecule has 1 saturated heterocycles. The van der Waals surface area contributed by atoms with Gasteiger partial charge in [-0.25, -0.2) is 4.98 Å². The summed E-state index contributed by atoms with van der Waals surface area (Å²) in [5.74, 6) is 2.15. The van der Waals surface area contributed by atoms with Crippen molar-refractivity contribution in [2.24, 2.45) is 0 Å². The summed E-state index contributed by atoms with van der Waals surface area (Å²) < 4.78 is 8.31. The fourth-order valence-corrected chi connectivity index (χ4v) is 3.90. The van der Waals surface area contributed by atoms with Gasteiger partial charge in [0, 0.05) is 32.7 Å². The van der Waals surface area contributed by atoms with Crippen molar-refractivity contribution in [3.05, 3.63) is 59.9 Å². The lowest BCUT2D eigenvalue weighted by molar-refractivity contribution is 0.144. The Balaban J connectivity index is 1.36. The Labute approximate surface area is 173 Å². The number of rotatable bonds is 8. The molecule has 1 fully saturated rings. The number of likely N-dealkylation sites (N-methyl/N-ethyl adjacent to an activating group) is 1. The molecular formula is C24H32N4O. The van der Waals surface area contributed by atoms with Gasteiger partial charge in [0.15, 0.2) is 0 Å². The summed E-state index contributed by atoms with van der Waals surface area (Å²) in [5.41, 5.74) is 3.61. The van der Waals surface area contributed by atoms with E-state index in [0.29, 0.717) is 0 Å². The largest absolute Gasteiger partial charge is 0.494 e. The summed E-state index contributed by atoms with van der Waals surface area (Å²) in [5, 5.41) is 0. The van der Waals surface area contributed by atoms with Gasteiger partial charge in [-0.3, -0.25) is 4.90 Å². The molecule has 4 rings (SSSR count). The van der Waals surface area contributed by atoms with Crippen molar-refractivity contribution in [2.45, 2.75) is 32.9 Å². The van der Waals surface area contributed by atoms with E-state index >= 15 is 0 Å². The number of ether oxygens (including phenoxy) is 1. The van der Waals surface area contributed by atoms with Crippen molar-refractivity contribution < 1.29 is 4.74 Å². The smallest absolute Gasteiger partial charge is 0.124 e. The second-order valence-corrected chi connectivity index (χ2v) is 8.12. The molecule has 0 aliphatic carbocycles. The van der Waals surface area contributed by atoms with Crippen LogP contribution in [-0.4, -0.2) is 59.2 Å². The average molecular weight is 393 g/mol. The molecule has 0 bridgehead atoms. The number of para-hydroxylation sites is 2. The van der Waals surface area contributed by atoms with Crippen molar-refractivity contribution >= 4 is 11.0 Å². The third-order valence-electron chi connectivity index (χ3n) is 5.76. The summed E-state index contributed by atoms with van der Waals surface area (Å²) in [6, 6.07) is 16.8. The Kier molecular flexibility index (Phi) is 6.47. The number of hydrogen-bond acceptors (Lipinski definition) is 4. The molecule has 5 nitrogen and oxygen atoms in total. The van der Waals surface area contributed by atoms with Crippen molar-refractivity contribution in [1.82, 2.24) is 19.4 Å². The van der Waals surface area contributed by atoms with Gasteiger partial charge in [-0.15, -0.1) is 0 Å². The van der Waals surface area contributed by atoms with Gasteiger partial charge >= 0.3 is 0 Å². The fourth-order valence-electron chi connectivity index (χ4n) is 3.90. The number of nitrogens with zero attached hydrogens (tertiary/aromatic N) is 4. The molecule has 1 aliphatic heterocycles. The van der Waals surface area contributed by atoms with Crippen LogP contribution in [0.3, 0.4) is 0 Å². The van der Waals surface area contributed by atoms with Crippen LogP contribution in [0.2, 0.25) is 0 Å². The van der Waals surface area contributed by atoms with Gasteiger partial charge in [0.1, 0.15) is 11.6 Å². The van der Waals surface area contributed by atoms with Crippen LogP contribution in [0.5, 0.6) is 5.75 Å². The molecule has 29 heavy (non-hydrogen) atoms. The zero-order valence-electron chi connectivity index (χ0n) is 17.7. The molecule has 3 aromatic rings. The van der Waals surface area contributed by atoms with Crippen LogP contribution in [0.1, 0.15) is 24.2 Å². The highest BCUT2D eigenvalue weighted by Gasteiger charge is 2.18. The Hall–Kier alpha value is -2.37. The third kappa shape index (κ3) is 5.17. The summed E-state index contributed by atoms with van der Waals surface area (Å²) in [7, 11) is 2.20. The highest BCUT2D eigenvalue weighted by Crippen LogP contribution is 2.19. The Morgan fingerprint density at radius 3 is 2.48 bits per heavy atom. The number of imidazole rings is 1. The maximum atomic E-state index is 5.89. The third-order valence-corrected chi connectivity index (χ3v) is 5.76. The van der Waals surface area contributed by atoms with Gasteiger partial charge in [0.2, 0.25) is 0 Å². The van der Waals surface area contributed by atoms with E-state index in [9.17, 15) is 0 Å². The van der Waals surface area contributed by atoms with Gasteiger partial charge in [0.25, 0.3) is 0 Å². The van der Waals surface area contributed by atoms with E-state index < -0.39 is 0 Å². The summed E-state index contributed by atoms with van der Waals surface area (Å²) in [6.45, 7) is 9.27. The topological polar surface area (TPSA) is 33.5 Å². The number of piperazine rings is 1. The Morgan fingerprint density at radius 1 is 0.931 bits per heavy atom. The molecule has 1 aliphatic rings. The lowest BCUT2D eigenvalue weighted by Gasteiger charge is -2.32. The van der Waals surface area contributed by atoms with E-state index in [1.807, 2.05) is 12.1 Å². The predicted octanol–water partition coefficient (Wildman–Crippen LogP) is 3.95. The standard InChI is InChI=1S/C24H32N4O/c1-20-9-11-21(12-10-20)29-18-6-5-13-28-23-8-4-3-7-22(23)25-24(28)19-27-16-14-26(2)15-17-27/h3-4,7-12H,5-6,13-19H2,1-2H3. The SMILES string of the molecule is Cc1ccc(OCCCCn2c(CN3CCN(C)CC3)nc3ccccc32)cc1. The number of benzene rings is 2. The number of aromatic nitrogens is 2. The van der Waals surface area contributed by atoms with Crippen LogP contribution >= 0.6 is 0 Å². The quantitative estimate of drug-likeness (QED) is 0.544. The highest BCUT2D eigenvalue weighted by atomic mass is 16.5. The first-order valence-corrected chi connectivity index (χ1v) is 10.7. The van der Waals surface area contributed by atoms with Gasteiger partial charge in [-0.1, -0.05) is 29.8 Å². The van der Waals surface area contributed by atoms with Gasteiger partial charge < -0.3 is 14.2 Å². The minimum absolute atomic E-state index is 0.753. The molecule has 0 N–H and O–H groups in total. The van der Waals surface area contributed by atoms with Crippen LogP contribution in [0.15, 0.2) is 48.5 Å². The number of fused-ring (bicyclic) bond motifs is 1. The highest BCUT2D eigenvalue weighted by molar-refractivity contribution is 5.75. The predicted molar refractivity (Wildman–Crippen MR) is 118 cm³/mol. The monoisotopic (exact) mass is 392 g/mol. The molecule has 154 valence electrons. The van der Waals surface area contributed by atoms with Crippen molar-refractivity contribution in [2.75, 3.05) is 39.8 Å². The molecule has 0 radical (unpaired) electrons. The maximum Gasteiger partial charge on any atom is 0.124 e. The first kappa shape index (κ1) is 19.9. The zero-order chi connectivity index (χ0) is 20.1. The lowest BCUT2D eigenvalue weighted by Crippen LogP contribution is -2.44. The van der Waals surface area contributed by atoms with Gasteiger partial charge in [-0.05, 0) is 51.1 Å². The number of unbranched alkanes of at least 4 members (excludes halogenated alkanes) is 1. The van der Waals surface area contributed by atoms with Crippen LogP contribution < -0.4 is 4.74 Å². The average Bonchev–Trinajstić information content (AvgIpc) is 3.08. The van der Waals surface area contributed by atoms with Crippen molar-refractivity contribution in [3.8, 4) is 5.75 Å². The zero-order valence-corrected chi connectivity index (χ0v) is 17.7. The molecule has 0 amide bonds. The second kappa shape index (κ2) is 9.42. The minimum Gasteiger partial charge on any atom is -0.494 e. The molecule has 2 aromatic carbocycles. The van der Waals surface area contributed by atoms with Gasteiger partial charge in [0.05, 0.1) is 24.2 Å². The first-order chi connectivity index (χ1) is 14.2. The molecule has 0 spiro atoms. The van der Waals surface area contributed by atoms with Crippen LogP contribution in [0.25, 0.3) is 11.0 Å². The molecule has 2 heterocycles. The molecular weight excluding hydrogens is 360 g/mol. The van der Waals surface area contributed by atoms with Crippen LogP contribution in [-0.2, 0) is 13.1 Å². The lowest BCUT2D eigenvalue weighted by atomic mass is 10.2. The normalized spacial score (nSPS) is 15.8. The number of hydrogen-bond donors (Lipinski definition) is 0. The molecule has 0 unspecified atom stereocenters. The first-order valence-electron chi connectivity index (χ1n) is 10.7. The van der Waals surface area contributed by atoms with Crippen molar-refractivity contribution in [1.29, 1.82) is 0 Å². The van der Waals surface area contributed by atoms with Gasteiger partial charge in [-0.2, -0.15) is 0 Å². The second-order valence-electron chi connectivity index (χ2n) is 8.12. The van der Waals surface area contributed by atoms with E-state index in [2.05, 4.69) is 64.7 Å². The molecule has 5 heteroatoms. The van der Waals surface area contributed by atoms with Crippen LogP contribution in [0.4, 0.5) is 0 Å². The van der Waals surface area contributed by atoms with E-state index in [-0.39, 0.29) is 0 Å². The fraction of sp³-hybridized carbons (Fsp3) is 0.458. The summed E-state index contributed by atoms with van der Waals surface area (Å²) in [6.07, 6.45) is 2.12. The van der Waals surface area contributed by atoms with E-state index in [1.54, 1.807) is 0 Å².